The number of amides is 1. The molecule has 2 aromatic rings. The van der Waals surface area contributed by atoms with E-state index in [0.29, 0.717) is 22.2 Å². The fourth-order valence-electron chi connectivity index (χ4n) is 2.06. The number of hydrogen-bond donors (Lipinski definition) is 2. The first-order valence-electron chi connectivity index (χ1n) is 6.80. The number of likely N-dealkylation sites (N-methyl/N-ethyl adjacent to an activating group) is 1. The van der Waals surface area contributed by atoms with Gasteiger partial charge in [0.15, 0.2) is 5.82 Å². The molecule has 0 fully saturated rings. The number of aryl methyl sites for hydroxylation is 1. The summed E-state index contributed by atoms with van der Waals surface area (Å²) in [6, 6.07) is 8.73. The van der Waals surface area contributed by atoms with E-state index < -0.39 is 6.10 Å². The van der Waals surface area contributed by atoms with Gasteiger partial charge in [-0.3, -0.25) is 9.69 Å². The molecular formula is C15H18ClN3O3. The van der Waals surface area contributed by atoms with Crippen LogP contribution in [0.3, 0.4) is 0 Å². The average molecular weight is 324 g/mol. The molecule has 22 heavy (non-hydrogen) atoms. The van der Waals surface area contributed by atoms with E-state index in [1.54, 1.807) is 43.1 Å². The molecule has 0 radical (unpaired) electrons. The van der Waals surface area contributed by atoms with Gasteiger partial charge in [-0.15, -0.1) is 0 Å². The molecule has 1 aromatic heterocycles. The molecule has 2 rings (SSSR count). The lowest BCUT2D eigenvalue weighted by Crippen LogP contribution is -2.33. The summed E-state index contributed by atoms with van der Waals surface area (Å²) >= 11 is 6.04. The van der Waals surface area contributed by atoms with Crippen LogP contribution >= 0.6 is 11.6 Å². The highest BCUT2D eigenvalue weighted by Crippen LogP contribution is 2.22. The Hall–Kier alpha value is -1.89. The topological polar surface area (TPSA) is 78.6 Å². The minimum absolute atomic E-state index is 0.118. The number of aliphatic hydroxyl groups is 1. The van der Waals surface area contributed by atoms with E-state index in [9.17, 15) is 9.90 Å². The molecule has 0 bridgehead atoms. The van der Waals surface area contributed by atoms with Crippen molar-refractivity contribution in [1.29, 1.82) is 0 Å². The van der Waals surface area contributed by atoms with Crippen LogP contribution in [0.15, 0.2) is 34.9 Å². The molecule has 1 amide bonds. The predicted octanol–water partition coefficient (Wildman–Crippen LogP) is 2.24. The molecule has 0 spiro atoms. The maximum atomic E-state index is 11.9. The van der Waals surface area contributed by atoms with Crippen LogP contribution in [0, 0.1) is 6.92 Å². The number of aliphatic hydroxyl groups excluding tert-OH is 1. The van der Waals surface area contributed by atoms with Crippen LogP contribution in [0.2, 0.25) is 5.02 Å². The zero-order chi connectivity index (χ0) is 16.1. The van der Waals surface area contributed by atoms with Crippen molar-refractivity contribution in [3.63, 3.8) is 0 Å². The first kappa shape index (κ1) is 16.5. The van der Waals surface area contributed by atoms with Gasteiger partial charge in [0.1, 0.15) is 5.76 Å². The van der Waals surface area contributed by atoms with E-state index >= 15 is 0 Å². The van der Waals surface area contributed by atoms with Gasteiger partial charge in [-0.25, -0.2) is 0 Å². The van der Waals surface area contributed by atoms with Crippen LogP contribution in [-0.2, 0) is 4.79 Å². The third-order valence-corrected chi connectivity index (χ3v) is 3.40. The van der Waals surface area contributed by atoms with Crippen molar-refractivity contribution in [2.45, 2.75) is 13.0 Å². The highest BCUT2D eigenvalue weighted by Gasteiger charge is 2.16. The van der Waals surface area contributed by atoms with Crippen LogP contribution in [0.1, 0.15) is 17.4 Å². The molecule has 0 saturated heterocycles. The Bertz CT molecular complexity index is 644. The fraction of sp³-hybridized carbons (Fsp3) is 0.333. The summed E-state index contributed by atoms with van der Waals surface area (Å²) in [5, 5.41) is 17.0. The largest absolute Gasteiger partial charge is 0.387 e. The van der Waals surface area contributed by atoms with E-state index in [4.69, 9.17) is 16.1 Å². The molecule has 1 atom stereocenters. The zero-order valence-corrected chi connectivity index (χ0v) is 13.2. The number of benzene rings is 1. The Labute approximate surface area is 133 Å². The Morgan fingerprint density at radius 3 is 2.86 bits per heavy atom. The van der Waals surface area contributed by atoms with Gasteiger partial charge in [-0.1, -0.05) is 35.0 Å². The van der Waals surface area contributed by atoms with Gasteiger partial charge in [0.25, 0.3) is 0 Å². The number of nitrogens with one attached hydrogen (secondary N) is 1. The van der Waals surface area contributed by atoms with Gasteiger partial charge < -0.3 is 14.9 Å². The third kappa shape index (κ3) is 4.56. The van der Waals surface area contributed by atoms with Crippen molar-refractivity contribution in [2.24, 2.45) is 0 Å². The Morgan fingerprint density at radius 2 is 2.23 bits per heavy atom. The Kier molecular flexibility index (Phi) is 5.54. The number of anilines is 1. The standard InChI is InChI=1S/C15H18ClN3O3/c1-10-7-14(18-22-10)17-15(21)9-19(2)8-13(20)11-5-3-4-6-12(11)16/h3-7,13,20H,8-9H2,1-2H3,(H,17,18,21). The number of carbonyl (C=O) groups excluding carboxylic acids is 1. The number of rotatable bonds is 6. The first-order chi connectivity index (χ1) is 10.5. The second-order valence-electron chi connectivity index (χ2n) is 5.11. The van der Waals surface area contributed by atoms with Crippen LogP contribution in [0.4, 0.5) is 5.82 Å². The SMILES string of the molecule is Cc1cc(NC(=O)CN(C)CC(O)c2ccccc2Cl)no1. The number of hydrogen-bond acceptors (Lipinski definition) is 5. The number of carbonyl (C=O) groups is 1. The maximum Gasteiger partial charge on any atom is 0.239 e. The summed E-state index contributed by atoms with van der Waals surface area (Å²) < 4.78 is 4.87. The van der Waals surface area contributed by atoms with E-state index in [1.165, 1.54) is 0 Å². The Balaban J connectivity index is 1.85. The van der Waals surface area contributed by atoms with Crippen LogP contribution in [-0.4, -0.2) is 41.2 Å². The second kappa shape index (κ2) is 7.40. The van der Waals surface area contributed by atoms with Gasteiger partial charge in [0, 0.05) is 23.2 Å². The highest BCUT2D eigenvalue weighted by molar-refractivity contribution is 6.31. The highest BCUT2D eigenvalue weighted by atomic mass is 35.5. The van der Waals surface area contributed by atoms with Crippen molar-refractivity contribution in [3.8, 4) is 0 Å². The minimum Gasteiger partial charge on any atom is -0.387 e. The van der Waals surface area contributed by atoms with Crippen LogP contribution < -0.4 is 5.32 Å². The molecule has 2 N–H and O–H groups in total. The number of aromatic nitrogens is 1. The van der Waals surface area contributed by atoms with E-state index in [0.717, 1.165) is 0 Å². The zero-order valence-electron chi connectivity index (χ0n) is 12.4. The van der Waals surface area contributed by atoms with Crippen molar-refractivity contribution in [2.75, 3.05) is 25.5 Å². The predicted molar refractivity (Wildman–Crippen MR) is 83.8 cm³/mol. The number of halogens is 1. The summed E-state index contributed by atoms with van der Waals surface area (Å²) in [7, 11) is 1.74. The van der Waals surface area contributed by atoms with Crippen molar-refractivity contribution in [3.05, 3.63) is 46.7 Å². The van der Waals surface area contributed by atoms with Crippen LogP contribution in [0.5, 0.6) is 0 Å². The lowest BCUT2D eigenvalue weighted by Gasteiger charge is -2.20. The smallest absolute Gasteiger partial charge is 0.239 e. The normalized spacial score (nSPS) is 12.4. The minimum atomic E-state index is -0.763. The van der Waals surface area contributed by atoms with E-state index in [2.05, 4.69) is 10.5 Å². The summed E-state index contributed by atoms with van der Waals surface area (Å²) in [4.78, 5) is 13.6. The maximum absolute atomic E-state index is 11.9. The molecule has 0 saturated carbocycles. The van der Waals surface area contributed by atoms with Gasteiger partial charge >= 0.3 is 0 Å². The summed E-state index contributed by atoms with van der Waals surface area (Å²) in [5.41, 5.74) is 0.642. The van der Waals surface area contributed by atoms with E-state index in [-0.39, 0.29) is 19.0 Å². The second-order valence-corrected chi connectivity index (χ2v) is 5.51. The van der Waals surface area contributed by atoms with Gasteiger partial charge in [-0.2, -0.15) is 0 Å². The monoisotopic (exact) mass is 323 g/mol. The lowest BCUT2D eigenvalue weighted by molar-refractivity contribution is -0.117. The summed E-state index contributed by atoms with van der Waals surface area (Å²) in [6.45, 7) is 2.15. The van der Waals surface area contributed by atoms with Gasteiger partial charge in [-0.05, 0) is 20.0 Å². The first-order valence-corrected chi connectivity index (χ1v) is 7.17. The van der Waals surface area contributed by atoms with Crippen molar-refractivity contribution < 1.29 is 14.4 Å². The fourth-order valence-corrected chi connectivity index (χ4v) is 2.32. The Morgan fingerprint density at radius 1 is 1.50 bits per heavy atom. The molecule has 0 aliphatic rings. The molecule has 7 heteroatoms. The van der Waals surface area contributed by atoms with Crippen molar-refractivity contribution >= 4 is 23.3 Å². The molecule has 1 unspecified atom stereocenters. The molecule has 6 nitrogen and oxygen atoms in total. The molecule has 118 valence electrons. The van der Waals surface area contributed by atoms with E-state index in [1.807, 2.05) is 6.07 Å². The van der Waals surface area contributed by atoms with Crippen LogP contribution in [0.25, 0.3) is 0 Å². The molecular weight excluding hydrogens is 306 g/mol. The van der Waals surface area contributed by atoms with Crippen molar-refractivity contribution in [1.82, 2.24) is 10.1 Å². The quantitative estimate of drug-likeness (QED) is 0.852. The number of nitrogens with zero attached hydrogens (tertiary/aromatic N) is 2. The molecule has 0 aliphatic heterocycles. The lowest BCUT2D eigenvalue weighted by atomic mass is 10.1. The summed E-state index contributed by atoms with van der Waals surface area (Å²) in [6.07, 6.45) is -0.763. The average Bonchev–Trinajstić information content (AvgIpc) is 2.83. The van der Waals surface area contributed by atoms with Gasteiger partial charge in [0.05, 0.1) is 12.6 Å². The van der Waals surface area contributed by atoms with Gasteiger partial charge in [0.2, 0.25) is 5.91 Å². The molecule has 1 heterocycles. The molecule has 1 aromatic carbocycles. The summed E-state index contributed by atoms with van der Waals surface area (Å²) in [5.74, 6) is 0.766. The molecule has 0 aliphatic carbocycles. The third-order valence-electron chi connectivity index (χ3n) is 3.06.